The Labute approximate surface area is 122 Å². The third kappa shape index (κ3) is 2.64. The van der Waals surface area contributed by atoms with Crippen molar-refractivity contribution in [3.8, 4) is 0 Å². The van der Waals surface area contributed by atoms with E-state index in [0.717, 1.165) is 6.54 Å². The standard InChI is InChI=1S/C18H27NO/c1-4-9-19-18(14-6-5-12(2)13(3)10-14)16-11-15-7-8-17(16)20-15/h5-6,10,15-19H,4,7-9,11H2,1-3H3. The van der Waals surface area contributed by atoms with Crippen molar-refractivity contribution in [3.63, 3.8) is 0 Å². The number of ether oxygens (including phenoxy) is 1. The van der Waals surface area contributed by atoms with Crippen molar-refractivity contribution < 1.29 is 4.74 Å². The first-order chi connectivity index (χ1) is 9.69. The normalized spacial score (nSPS) is 29.9. The molecule has 4 atom stereocenters. The number of rotatable bonds is 5. The van der Waals surface area contributed by atoms with Gasteiger partial charge >= 0.3 is 0 Å². The summed E-state index contributed by atoms with van der Waals surface area (Å²) >= 11 is 0. The second kappa shape index (κ2) is 5.87. The highest BCUT2D eigenvalue weighted by Gasteiger charge is 2.44. The van der Waals surface area contributed by atoms with E-state index in [0.29, 0.717) is 24.2 Å². The van der Waals surface area contributed by atoms with Crippen LogP contribution in [0.5, 0.6) is 0 Å². The van der Waals surface area contributed by atoms with Crippen LogP contribution in [0.15, 0.2) is 18.2 Å². The number of fused-ring (bicyclic) bond motifs is 2. The Morgan fingerprint density at radius 3 is 2.70 bits per heavy atom. The predicted octanol–water partition coefficient (Wildman–Crippen LogP) is 3.91. The van der Waals surface area contributed by atoms with Crippen LogP contribution in [-0.2, 0) is 4.74 Å². The minimum absolute atomic E-state index is 0.463. The molecule has 2 aliphatic rings. The fourth-order valence-corrected chi connectivity index (χ4v) is 3.80. The lowest BCUT2D eigenvalue weighted by molar-refractivity contribution is 0.0857. The third-order valence-electron chi connectivity index (χ3n) is 5.09. The monoisotopic (exact) mass is 273 g/mol. The van der Waals surface area contributed by atoms with Crippen molar-refractivity contribution in [1.29, 1.82) is 0 Å². The molecule has 3 rings (SSSR count). The van der Waals surface area contributed by atoms with E-state index in [1.54, 1.807) is 0 Å². The van der Waals surface area contributed by atoms with Crippen LogP contribution in [0.4, 0.5) is 0 Å². The SMILES string of the molecule is CCCNC(c1ccc(C)c(C)c1)C1CC2CCC1O2. The van der Waals surface area contributed by atoms with E-state index in [-0.39, 0.29) is 0 Å². The predicted molar refractivity (Wildman–Crippen MR) is 83.0 cm³/mol. The maximum Gasteiger partial charge on any atom is 0.0627 e. The number of aryl methyl sites for hydroxylation is 2. The molecular formula is C18H27NO. The van der Waals surface area contributed by atoms with Crippen LogP contribution < -0.4 is 5.32 Å². The Bertz CT molecular complexity index is 470. The average Bonchev–Trinajstić information content (AvgIpc) is 3.06. The summed E-state index contributed by atoms with van der Waals surface area (Å²) in [5.74, 6) is 0.655. The zero-order valence-corrected chi connectivity index (χ0v) is 13.0. The molecule has 1 aromatic carbocycles. The molecule has 0 aliphatic carbocycles. The molecule has 0 radical (unpaired) electrons. The van der Waals surface area contributed by atoms with Gasteiger partial charge in [0.05, 0.1) is 12.2 Å². The molecule has 2 aliphatic heterocycles. The molecule has 0 saturated carbocycles. The Kier molecular flexibility index (Phi) is 4.13. The second-order valence-corrected chi connectivity index (χ2v) is 6.55. The maximum atomic E-state index is 6.08. The molecule has 110 valence electrons. The van der Waals surface area contributed by atoms with Crippen molar-refractivity contribution in [3.05, 3.63) is 34.9 Å². The second-order valence-electron chi connectivity index (χ2n) is 6.55. The average molecular weight is 273 g/mol. The van der Waals surface area contributed by atoms with Crippen LogP contribution in [0.25, 0.3) is 0 Å². The van der Waals surface area contributed by atoms with Crippen LogP contribution in [0.2, 0.25) is 0 Å². The smallest absolute Gasteiger partial charge is 0.0627 e. The fraction of sp³-hybridized carbons (Fsp3) is 0.667. The highest BCUT2D eigenvalue weighted by molar-refractivity contribution is 5.32. The summed E-state index contributed by atoms with van der Waals surface area (Å²) in [5.41, 5.74) is 4.23. The van der Waals surface area contributed by atoms with Gasteiger partial charge in [0.15, 0.2) is 0 Å². The molecule has 2 fully saturated rings. The summed E-state index contributed by atoms with van der Waals surface area (Å²) in [6.45, 7) is 7.73. The molecule has 2 bridgehead atoms. The van der Waals surface area contributed by atoms with Gasteiger partial charge in [-0.1, -0.05) is 25.1 Å². The van der Waals surface area contributed by atoms with Gasteiger partial charge in [-0.3, -0.25) is 0 Å². The Morgan fingerprint density at radius 2 is 2.10 bits per heavy atom. The zero-order valence-electron chi connectivity index (χ0n) is 13.0. The van der Waals surface area contributed by atoms with E-state index < -0.39 is 0 Å². The Hall–Kier alpha value is -0.860. The van der Waals surface area contributed by atoms with Gasteiger partial charge in [-0.15, -0.1) is 0 Å². The van der Waals surface area contributed by atoms with Gasteiger partial charge < -0.3 is 10.1 Å². The van der Waals surface area contributed by atoms with E-state index >= 15 is 0 Å². The quantitative estimate of drug-likeness (QED) is 0.878. The van der Waals surface area contributed by atoms with Gasteiger partial charge in [0, 0.05) is 12.0 Å². The first-order valence-electron chi connectivity index (χ1n) is 8.15. The molecule has 1 N–H and O–H groups in total. The van der Waals surface area contributed by atoms with E-state index in [9.17, 15) is 0 Å². The summed E-state index contributed by atoms with van der Waals surface area (Å²) in [7, 11) is 0. The number of benzene rings is 1. The van der Waals surface area contributed by atoms with Gasteiger partial charge in [0.2, 0.25) is 0 Å². The lowest BCUT2D eigenvalue weighted by atomic mass is 9.80. The first kappa shape index (κ1) is 14.1. The summed E-state index contributed by atoms with van der Waals surface area (Å²) in [5, 5.41) is 3.78. The molecule has 0 aromatic heterocycles. The van der Waals surface area contributed by atoms with Crippen LogP contribution in [0.3, 0.4) is 0 Å². The largest absolute Gasteiger partial charge is 0.375 e. The summed E-state index contributed by atoms with van der Waals surface area (Å²) in [6, 6.07) is 7.40. The first-order valence-corrected chi connectivity index (χ1v) is 8.15. The van der Waals surface area contributed by atoms with Crippen molar-refractivity contribution in [2.45, 2.75) is 64.7 Å². The van der Waals surface area contributed by atoms with Crippen LogP contribution >= 0.6 is 0 Å². The number of nitrogens with one attached hydrogen (secondary N) is 1. The highest BCUT2D eigenvalue weighted by Crippen LogP contribution is 2.44. The van der Waals surface area contributed by atoms with E-state index in [4.69, 9.17) is 4.74 Å². The van der Waals surface area contributed by atoms with Gasteiger partial charge in [-0.25, -0.2) is 0 Å². The van der Waals surface area contributed by atoms with Gasteiger partial charge in [-0.05, 0) is 62.8 Å². The van der Waals surface area contributed by atoms with E-state index in [1.807, 2.05) is 0 Å². The zero-order chi connectivity index (χ0) is 14.1. The lowest BCUT2D eigenvalue weighted by Crippen LogP contribution is -2.34. The lowest BCUT2D eigenvalue weighted by Gasteiger charge is -2.30. The van der Waals surface area contributed by atoms with E-state index in [1.165, 1.54) is 42.4 Å². The Morgan fingerprint density at radius 1 is 1.25 bits per heavy atom. The molecule has 2 saturated heterocycles. The summed E-state index contributed by atoms with van der Waals surface area (Å²) in [4.78, 5) is 0. The highest BCUT2D eigenvalue weighted by atomic mass is 16.5. The summed E-state index contributed by atoms with van der Waals surface area (Å²) in [6.07, 6.45) is 5.96. The van der Waals surface area contributed by atoms with Crippen molar-refractivity contribution in [1.82, 2.24) is 5.32 Å². The maximum absolute atomic E-state index is 6.08. The molecule has 2 nitrogen and oxygen atoms in total. The molecule has 1 aromatic rings. The van der Waals surface area contributed by atoms with Crippen LogP contribution in [-0.4, -0.2) is 18.8 Å². The molecular weight excluding hydrogens is 246 g/mol. The molecule has 2 heterocycles. The fourth-order valence-electron chi connectivity index (χ4n) is 3.80. The minimum atomic E-state index is 0.463. The molecule has 0 amide bonds. The number of hydrogen-bond acceptors (Lipinski definition) is 2. The third-order valence-corrected chi connectivity index (χ3v) is 5.09. The van der Waals surface area contributed by atoms with Gasteiger partial charge in [-0.2, -0.15) is 0 Å². The van der Waals surface area contributed by atoms with Gasteiger partial charge in [0.1, 0.15) is 0 Å². The summed E-state index contributed by atoms with van der Waals surface area (Å²) < 4.78 is 6.08. The van der Waals surface area contributed by atoms with Gasteiger partial charge in [0.25, 0.3) is 0 Å². The molecule has 0 spiro atoms. The van der Waals surface area contributed by atoms with Crippen molar-refractivity contribution in [2.75, 3.05) is 6.54 Å². The van der Waals surface area contributed by atoms with Crippen LogP contribution in [0, 0.1) is 19.8 Å². The molecule has 20 heavy (non-hydrogen) atoms. The van der Waals surface area contributed by atoms with Crippen molar-refractivity contribution >= 4 is 0 Å². The van der Waals surface area contributed by atoms with Crippen LogP contribution in [0.1, 0.15) is 55.3 Å². The number of hydrogen-bond donors (Lipinski definition) is 1. The minimum Gasteiger partial charge on any atom is -0.375 e. The van der Waals surface area contributed by atoms with Crippen molar-refractivity contribution in [2.24, 2.45) is 5.92 Å². The topological polar surface area (TPSA) is 21.3 Å². The Balaban J connectivity index is 1.83. The van der Waals surface area contributed by atoms with E-state index in [2.05, 4.69) is 44.3 Å². The molecule has 2 heteroatoms. The molecule has 4 unspecified atom stereocenters.